The van der Waals surface area contributed by atoms with Gasteiger partial charge in [0.2, 0.25) is 10.0 Å². The summed E-state index contributed by atoms with van der Waals surface area (Å²) in [4.78, 5) is 0.353. The van der Waals surface area contributed by atoms with Crippen LogP contribution in [0.3, 0.4) is 0 Å². The maximum absolute atomic E-state index is 12.8. The number of rotatable bonds is 4. The Kier molecular flexibility index (Phi) is 4.47. The van der Waals surface area contributed by atoms with Crippen LogP contribution in [0, 0.1) is 0 Å². The first-order chi connectivity index (χ1) is 10.6. The molecule has 1 aliphatic rings. The van der Waals surface area contributed by atoms with Gasteiger partial charge in [0.15, 0.2) is 0 Å². The largest absolute Gasteiger partial charge is 0.326 e. The molecule has 0 atom stereocenters. The summed E-state index contributed by atoms with van der Waals surface area (Å²) in [6.45, 7) is 0.400. The van der Waals surface area contributed by atoms with Gasteiger partial charge in [0, 0.05) is 18.0 Å². The lowest BCUT2D eigenvalue weighted by Crippen LogP contribution is -2.36. The first-order valence-corrected chi connectivity index (χ1v) is 9.33. The molecule has 0 heterocycles. The highest BCUT2D eigenvalue weighted by atomic mass is 32.2. The van der Waals surface area contributed by atoms with Gasteiger partial charge in [0.05, 0.1) is 4.90 Å². The Morgan fingerprint density at radius 1 is 1.00 bits per heavy atom. The van der Waals surface area contributed by atoms with Gasteiger partial charge in [-0.1, -0.05) is 49.6 Å². The zero-order valence-electron chi connectivity index (χ0n) is 12.6. The van der Waals surface area contributed by atoms with Crippen molar-refractivity contribution in [3.05, 3.63) is 42.0 Å². The molecule has 0 bridgehead atoms. The molecule has 2 aromatic carbocycles. The molecule has 1 aliphatic carbocycles. The van der Waals surface area contributed by atoms with Crippen LogP contribution in [-0.4, -0.2) is 14.5 Å². The fraction of sp³-hybridized carbons (Fsp3) is 0.412. The highest BCUT2D eigenvalue weighted by Crippen LogP contribution is 2.27. The van der Waals surface area contributed by atoms with E-state index in [0.29, 0.717) is 11.4 Å². The summed E-state index contributed by atoms with van der Waals surface area (Å²) >= 11 is 0. The number of hydrogen-bond donors (Lipinski definition) is 2. The Morgan fingerprint density at radius 3 is 2.36 bits per heavy atom. The minimum Gasteiger partial charge on any atom is -0.326 e. The molecule has 0 spiro atoms. The van der Waals surface area contributed by atoms with E-state index in [2.05, 4.69) is 4.72 Å². The van der Waals surface area contributed by atoms with Gasteiger partial charge >= 0.3 is 0 Å². The van der Waals surface area contributed by atoms with Gasteiger partial charge in [0.1, 0.15) is 0 Å². The molecule has 3 rings (SSSR count). The van der Waals surface area contributed by atoms with Crippen LogP contribution >= 0.6 is 0 Å². The Bertz CT molecular complexity index is 765. The van der Waals surface area contributed by atoms with Crippen LogP contribution in [0.4, 0.5) is 0 Å². The molecule has 1 saturated carbocycles. The van der Waals surface area contributed by atoms with E-state index in [9.17, 15) is 8.42 Å². The second kappa shape index (κ2) is 6.36. The number of nitrogens with one attached hydrogen (secondary N) is 1. The molecule has 22 heavy (non-hydrogen) atoms. The fourth-order valence-electron chi connectivity index (χ4n) is 3.25. The van der Waals surface area contributed by atoms with E-state index < -0.39 is 10.0 Å². The van der Waals surface area contributed by atoms with E-state index in [0.717, 1.165) is 42.0 Å². The summed E-state index contributed by atoms with van der Waals surface area (Å²) in [6.07, 6.45) is 5.25. The minimum atomic E-state index is -3.50. The van der Waals surface area contributed by atoms with Gasteiger partial charge in [-0.2, -0.15) is 0 Å². The Balaban J connectivity index is 2.01. The van der Waals surface area contributed by atoms with Crippen molar-refractivity contribution in [1.82, 2.24) is 4.72 Å². The van der Waals surface area contributed by atoms with Crippen molar-refractivity contribution in [3.63, 3.8) is 0 Å². The Labute approximate surface area is 131 Å². The predicted molar refractivity (Wildman–Crippen MR) is 89.0 cm³/mol. The van der Waals surface area contributed by atoms with Crippen LogP contribution in [0.5, 0.6) is 0 Å². The quantitative estimate of drug-likeness (QED) is 0.910. The maximum atomic E-state index is 12.8. The summed E-state index contributed by atoms with van der Waals surface area (Å²) in [6, 6.07) is 11.1. The molecule has 0 radical (unpaired) electrons. The molecule has 0 aliphatic heterocycles. The smallest absolute Gasteiger partial charge is 0.241 e. The molecular weight excluding hydrogens is 296 g/mol. The van der Waals surface area contributed by atoms with Crippen molar-refractivity contribution in [2.45, 2.75) is 49.6 Å². The average Bonchev–Trinajstić information content (AvgIpc) is 2.54. The standard InChI is InChI=1S/C17H22N2O2S/c18-12-13-10-11-17(16-9-5-4-8-15(13)16)22(20,21)19-14-6-2-1-3-7-14/h4-5,8-11,14,19H,1-3,6-7,12,18H2. The van der Waals surface area contributed by atoms with Gasteiger partial charge in [-0.3, -0.25) is 0 Å². The first-order valence-electron chi connectivity index (χ1n) is 7.85. The molecule has 0 amide bonds. The van der Waals surface area contributed by atoms with Gasteiger partial charge < -0.3 is 5.73 Å². The number of benzene rings is 2. The highest BCUT2D eigenvalue weighted by molar-refractivity contribution is 7.89. The SMILES string of the molecule is NCc1ccc(S(=O)(=O)NC2CCCCC2)c2ccccc12. The molecule has 2 aromatic rings. The lowest BCUT2D eigenvalue weighted by Gasteiger charge is -2.23. The summed E-state index contributed by atoms with van der Waals surface area (Å²) in [5.74, 6) is 0. The third-order valence-electron chi connectivity index (χ3n) is 4.41. The third-order valence-corrected chi connectivity index (χ3v) is 5.99. The molecule has 4 nitrogen and oxygen atoms in total. The summed E-state index contributed by atoms with van der Waals surface area (Å²) in [7, 11) is -3.50. The van der Waals surface area contributed by atoms with E-state index in [1.54, 1.807) is 6.07 Å². The summed E-state index contributed by atoms with van der Waals surface area (Å²) in [5.41, 5.74) is 6.72. The highest BCUT2D eigenvalue weighted by Gasteiger charge is 2.23. The third kappa shape index (κ3) is 3.02. The van der Waals surface area contributed by atoms with Crippen LogP contribution in [0.1, 0.15) is 37.7 Å². The second-order valence-electron chi connectivity index (χ2n) is 5.93. The molecule has 3 N–H and O–H groups in total. The van der Waals surface area contributed by atoms with Crippen LogP contribution in [0.2, 0.25) is 0 Å². The zero-order chi connectivity index (χ0) is 15.6. The first kappa shape index (κ1) is 15.5. The van der Waals surface area contributed by atoms with E-state index >= 15 is 0 Å². The molecule has 0 aromatic heterocycles. The van der Waals surface area contributed by atoms with Crippen molar-refractivity contribution in [3.8, 4) is 0 Å². The van der Waals surface area contributed by atoms with Crippen LogP contribution in [-0.2, 0) is 16.6 Å². The average molecular weight is 318 g/mol. The summed E-state index contributed by atoms with van der Waals surface area (Å²) in [5, 5.41) is 1.66. The molecule has 118 valence electrons. The molecule has 1 fully saturated rings. The molecule has 5 heteroatoms. The molecular formula is C17H22N2O2S. The second-order valence-corrected chi connectivity index (χ2v) is 7.61. The van der Waals surface area contributed by atoms with Crippen molar-refractivity contribution in [2.75, 3.05) is 0 Å². The van der Waals surface area contributed by atoms with Crippen molar-refractivity contribution in [1.29, 1.82) is 0 Å². The number of nitrogens with two attached hydrogens (primary N) is 1. The van der Waals surface area contributed by atoms with Crippen molar-refractivity contribution >= 4 is 20.8 Å². The topological polar surface area (TPSA) is 72.2 Å². The van der Waals surface area contributed by atoms with Gasteiger partial charge in [-0.15, -0.1) is 0 Å². The fourth-order valence-corrected chi connectivity index (χ4v) is 4.77. The molecule has 0 unspecified atom stereocenters. The van der Waals surface area contributed by atoms with E-state index in [1.807, 2.05) is 30.3 Å². The van der Waals surface area contributed by atoms with E-state index in [1.165, 1.54) is 6.42 Å². The lowest BCUT2D eigenvalue weighted by molar-refractivity contribution is 0.412. The van der Waals surface area contributed by atoms with Crippen molar-refractivity contribution in [2.24, 2.45) is 5.73 Å². The maximum Gasteiger partial charge on any atom is 0.241 e. The van der Waals surface area contributed by atoms with Crippen LogP contribution in [0.25, 0.3) is 10.8 Å². The number of hydrogen-bond acceptors (Lipinski definition) is 3. The number of fused-ring (bicyclic) bond motifs is 1. The number of sulfonamides is 1. The van der Waals surface area contributed by atoms with Crippen LogP contribution in [0.15, 0.2) is 41.3 Å². The minimum absolute atomic E-state index is 0.0618. The van der Waals surface area contributed by atoms with Gasteiger partial charge in [-0.05, 0) is 29.9 Å². The van der Waals surface area contributed by atoms with E-state index in [4.69, 9.17) is 5.73 Å². The summed E-state index contributed by atoms with van der Waals surface area (Å²) < 4.78 is 28.4. The Hall–Kier alpha value is -1.43. The predicted octanol–water partition coefficient (Wildman–Crippen LogP) is 2.91. The normalized spacial score (nSPS) is 17.0. The van der Waals surface area contributed by atoms with Gasteiger partial charge in [0.25, 0.3) is 0 Å². The lowest BCUT2D eigenvalue weighted by atomic mass is 9.96. The monoisotopic (exact) mass is 318 g/mol. The zero-order valence-corrected chi connectivity index (χ0v) is 13.4. The molecule has 0 saturated heterocycles. The van der Waals surface area contributed by atoms with Crippen LogP contribution < -0.4 is 10.5 Å². The van der Waals surface area contributed by atoms with Gasteiger partial charge in [-0.25, -0.2) is 13.1 Å². The Morgan fingerprint density at radius 2 is 1.68 bits per heavy atom. The van der Waals surface area contributed by atoms with Crippen molar-refractivity contribution < 1.29 is 8.42 Å². The van der Waals surface area contributed by atoms with E-state index in [-0.39, 0.29) is 6.04 Å².